The van der Waals surface area contributed by atoms with E-state index in [0.717, 1.165) is 46.9 Å². The third kappa shape index (κ3) is 7.17. The van der Waals surface area contributed by atoms with E-state index in [1.54, 1.807) is 38.1 Å². The predicted molar refractivity (Wildman–Crippen MR) is 200 cm³/mol. The summed E-state index contributed by atoms with van der Waals surface area (Å²) >= 11 is 0. The number of hydrogen-bond donors (Lipinski definition) is 2. The van der Waals surface area contributed by atoms with E-state index in [2.05, 4.69) is 9.97 Å². The number of nitrogen functional groups attached to an aromatic ring is 2. The number of nitrogens with zero attached hydrogens (tertiary/aromatic N) is 4. The van der Waals surface area contributed by atoms with Gasteiger partial charge in [-0.25, -0.2) is 28.3 Å². The predicted octanol–water partition coefficient (Wildman–Crippen LogP) is 4.55. The first-order chi connectivity index (χ1) is 24.4. The number of carbonyl (C=O) groups is 2. The molecule has 0 aliphatic heterocycles. The van der Waals surface area contributed by atoms with Crippen LogP contribution in [-0.2, 0) is 4.74 Å². The average Bonchev–Trinajstić information content (AvgIpc) is 4.02. The molecule has 0 aromatic carbocycles. The molecule has 0 amide bonds. The Morgan fingerprint density at radius 2 is 1.08 bits per heavy atom. The Bertz CT molecular complexity index is 2440. The van der Waals surface area contributed by atoms with Gasteiger partial charge in [-0.05, 0) is 110 Å². The summed E-state index contributed by atoms with van der Waals surface area (Å²) in [4.78, 5) is 62.8. The summed E-state index contributed by atoms with van der Waals surface area (Å²) in [7, 11) is 0. The fraction of sp³-hybridized carbons (Fsp3) is 0.211. The zero-order valence-electron chi connectivity index (χ0n) is 27.5. The third-order valence-electron chi connectivity index (χ3n) is 9.76. The maximum absolute atomic E-state index is 15.7. The first kappa shape index (κ1) is 39.7. The average molecular weight is 769 g/mol. The van der Waals surface area contributed by atoms with Gasteiger partial charge in [0.2, 0.25) is 0 Å². The molecular formula is C38H32F2K2N6O5. The van der Waals surface area contributed by atoms with Gasteiger partial charge in [-0.2, -0.15) is 0 Å². The van der Waals surface area contributed by atoms with Gasteiger partial charge in [0.05, 0.1) is 11.0 Å². The van der Waals surface area contributed by atoms with E-state index in [1.807, 2.05) is 0 Å². The number of aromatic nitrogens is 4. The number of fused-ring (bicyclic) bond motifs is 2. The Morgan fingerprint density at radius 3 is 1.40 bits per heavy atom. The number of carbonyl (C=O) groups excluding carboxylic acids is 2. The minimum absolute atomic E-state index is 0. The molecule has 0 bridgehead atoms. The molecule has 6 aromatic rings. The Kier molecular flexibility index (Phi) is 11.5. The van der Waals surface area contributed by atoms with Crippen molar-refractivity contribution in [2.45, 2.75) is 51.4 Å². The standard InChI is InChI=1S/C38H30F2N6O5.2K.2H/c1-17-31(21-7-9-29(41)43-13-21)27(39)15-45-33(17)23(19-3-4-19)11-25(35(45)47)37(49)51-38(50)26-12-24(20-5-6-20)34-18(2)32(22-8-10-30(42)44-14-22)28(40)16-46(34)36(26)48;;;;/h7-16,19-20H,3-6H2,1-2H3,(H2,41,43)(H2,42,44);;;;. The van der Waals surface area contributed by atoms with Gasteiger partial charge >= 0.3 is 115 Å². The van der Waals surface area contributed by atoms with Crippen molar-refractivity contribution in [3.63, 3.8) is 0 Å². The number of nitrogens with two attached hydrogens (primary N) is 2. The molecule has 8 rings (SSSR count). The molecule has 0 unspecified atom stereocenters. The molecule has 0 saturated heterocycles. The molecule has 15 heteroatoms. The van der Waals surface area contributed by atoms with Crippen molar-refractivity contribution in [2.75, 3.05) is 11.5 Å². The van der Waals surface area contributed by atoms with Gasteiger partial charge in [-0.1, -0.05) is 0 Å². The van der Waals surface area contributed by atoms with Gasteiger partial charge < -0.3 is 16.2 Å². The van der Waals surface area contributed by atoms with Crippen LogP contribution in [0.5, 0.6) is 0 Å². The molecule has 0 radical (unpaired) electrons. The molecule has 2 aliphatic carbocycles. The number of anilines is 2. The van der Waals surface area contributed by atoms with Gasteiger partial charge in [0, 0.05) is 47.0 Å². The second kappa shape index (κ2) is 15.3. The molecule has 260 valence electrons. The quantitative estimate of drug-likeness (QED) is 0.141. The number of pyridine rings is 6. The maximum atomic E-state index is 15.7. The van der Waals surface area contributed by atoms with Crippen LogP contribution in [0.1, 0.15) is 80.5 Å². The van der Waals surface area contributed by atoms with E-state index in [9.17, 15) is 19.2 Å². The summed E-state index contributed by atoms with van der Waals surface area (Å²) in [6.07, 6.45) is 8.01. The molecule has 6 aromatic heterocycles. The van der Waals surface area contributed by atoms with Gasteiger partial charge in [0.25, 0.3) is 11.1 Å². The summed E-state index contributed by atoms with van der Waals surface area (Å²) in [6.45, 7) is 3.36. The number of halogens is 2. The summed E-state index contributed by atoms with van der Waals surface area (Å²) in [5, 5.41) is 0. The molecule has 0 atom stereocenters. The van der Waals surface area contributed by atoms with Crippen molar-refractivity contribution in [1.82, 2.24) is 18.8 Å². The topological polar surface area (TPSA) is 164 Å². The first-order valence-corrected chi connectivity index (χ1v) is 16.4. The van der Waals surface area contributed by atoms with Crippen LogP contribution in [0, 0.1) is 25.5 Å². The zero-order valence-corrected chi connectivity index (χ0v) is 27.5. The van der Waals surface area contributed by atoms with Gasteiger partial charge in [-0.3, -0.25) is 18.4 Å². The molecule has 0 spiro atoms. The molecule has 4 N–H and O–H groups in total. The fourth-order valence-corrected chi connectivity index (χ4v) is 7.02. The minimum atomic E-state index is -1.29. The summed E-state index contributed by atoms with van der Waals surface area (Å²) in [5.74, 6) is -3.54. The fourth-order valence-electron chi connectivity index (χ4n) is 7.02. The SMILES string of the molecule is Cc1c(-c2ccc(N)nc2)c(F)cn2c(=O)c(C(=O)OC(=O)c3cc(C4CC4)c4c(C)c(-c5ccc(N)nc5)c(F)cn4c3=O)cc(C3CC3)c12.[KH].[KH]. The molecule has 2 aliphatic rings. The molecular weight excluding hydrogens is 737 g/mol. The Labute approximate surface area is 386 Å². The molecule has 6 heterocycles. The van der Waals surface area contributed by atoms with Crippen LogP contribution in [0.4, 0.5) is 20.4 Å². The molecule has 11 nitrogen and oxygen atoms in total. The van der Waals surface area contributed by atoms with Crippen LogP contribution >= 0.6 is 0 Å². The van der Waals surface area contributed by atoms with E-state index in [4.69, 9.17) is 16.2 Å². The van der Waals surface area contributed by atoms with Crippen molar-refractivity contribution in [3.8, 4) is 22.3 Å². The van der Waals surface area contributed by atoms with Crippen molar-refractivity contribution in [2.24, 2.45) is 0 Å². The van der Waals surface area contributed by atoms with Gasteiger partial charge in [-0.15, -0.1) is 0 Å². The molecule has 2 fully saturated rings. The second-order valence-corrected chi connectivity index (χ2v) is 13.2. The Hall–Kier alpha value is -2.97. The number of aryl methyl sites for hydroxylation is 2. The van der Waals surface area contributed by atoms with E-state index in [1.165, 1.54) is 24.5 Å². The van der Waals surface area contributed by atoms with Crippen LogP contribution < -0.4 is 22.6 Å². The Morgan fingerprint density at radius 1 is 0.698 bits per heavy atom. The molecule has 2 saturated carbocycles. The van der Waals surface area contributed by atoms with E-state index >= 15 is 8.78 Å². The molecule has 53 heavy (non-hydrogen) atoms. The van der Waals surface area contributed by atoms with E-state index in [-0.39, 0.29) is 137 Å². The summed E-state index contributed by atoms with van der Waals surface area (Å²) < 4.78 is 38.7. The number of ether oxygens (including phenoxy) is 1. The van der Waals surface area contributed by atoms with Crippen LogP contribution in [0.15, 0.2) is 70.8 Å². The van der Waals surface area contributed by atoms with Crippen molar-refractivity contribution < 1.29 is 23.1 Å². The van der Waals surface area contributed by atoms with E-state index < -0.39 is 45.8 Å². The van der Waals surface area contributed by atoms with Crippen LogP contribution in [0.25, 0.3) is 33.3 Å². The number of rotatable bonds is 6. The van der Waals surface area contributed by atoms with Crippen molar-refractivity contribution in [3.05, 3.63) is 127 Å². The Balaban J connectivity index is 0.00000240. The van der Waals surface area contributed by atoms with Crippen LogP contribution in [-0.4, -0.2) is 133 Å². The van der Waals surface area contributed by atoms with Crippen molar-refractivity contribution in [1.29, 1.82) is 0 Å². The van der Waals surface area contributed by atoms with Gasteiger partial charge in [0.15, 0.2) is 0 Å². The normalized spacial score (nSPS) is 13.7. The number of hydrogen-bond acceptors (Lipinski definition) is 9. The van der Waals surface area contributed by atoms with E-state index in [0.29, 0.717) is 44.4 Å². The third-order valence-corrected chi connectivity index (χ3v) is 9.76. The monoisotopic (exact) mass is 768 g/mol. The first-order valence-electron chi connectivity index (χ1n) is 16.4. The summed E-state index contributed by atoms with van der Waals surface area (Å²) in [6, 6.07) is 9.13. The van der Waals surface area contributed by atoms with Crippen LogP contribution in [0.3, 0.4) is 0 Å². The van der Waals surface area contributed by atoms with Crippen LogP contribution in [0.2, 0.25) is 0 Å². The van der Waals surface area contributed by atoms with Gasteiger partial charge in [0.1, 0.15) is 34.4 Å². The zero-order chi connectivity index (χ0) is 35.9. The number of esters is 2. The van der Waals surface area contributed by atoms with Crippen molar-refractivity contribution >= 4 is 137 Å². The summed E-state index contributed by atoms with van der Waals surface area (Å²) in [5.41, 5.74) is 13.1. The second-order valence-electron chi connectivity index (χ2n) is 13.2.